The van der Waals surface area contributed by atoms with Crippen LogP contribution in [0.4, 0.5) is 0 Å². The molecular formula is C11H20N2O3. The molecule has 0 aromatic heterocycles. The second-order valence-electron chi connectivity index (χ2n) is 4.82. The SMILES string of the molecule is CCN(CC(C)(C)O)C(=O)C1CCC(=O)N1. The molecule has 0 radical (unpaired) electrons. The Hall–Kier alpha value is -1.10. The molecule has 0 aromatic rings. The van der Waals surface area contributed by atoms with Crippen LogP contribution in [-0.4, -0.2) is 46.6 Å². The second-order valence-corrected chi connectivity index (χ2v) is 4.82. The van der Waals surface area contributed by atoms with Crippen molar-refractivity contribution in [3.05, 3.63) is 0 Å². The first-order chi connectivity index (χ1) is 7.33. The van der Waals surface area contributed by atoms with Gasteiger partial charge in [0.15, 0.2) is 0 Å². The summed E-state index contributed by atoms with van der Waals surface area (Å²) in [6.07, 6.45) is 0.969. The van der Waals surface area contributed by atoms with Crippen LogP contribution in [0.3, 0.4) is 0 Å². The van der Waals surface area contributed by atoms with Crippen molar-refractivity contribution < 1.29 is 14.7 Å². The average Bonchev–Trinajstić information content (AvgIpc) is 2.58. The fraction of sp³-hybridized carbons (Fsp3) is 0.818. The van der Waals surface area contributed by atoms with Gasteiger partial charge >= 0.3 is 0 Å². The van der Waals surface area contributed by atoms with Gasteiger partial charge in [0.2, 0.25) is 11.8 Å². The second kappa shape index (κ2) is 4.82. The third-order valence-electron chi connectivity index (χ3n) is 2.56. The maximum absolute atomic E-state index is 12.0. The van der Waals surface area contributed by atoms with E-state index in [4.69, 9.17) is 0 Å². The summed E-state index contributed by atoms with van der Waals surface area (Å²) >= 11 is 0. The molecule has 5 nitrogen and oxygen atoms in total. The zero-order valence-corrected chi connectivity index (χ0v) is 10.1. The van der Waals surface area contributed by atoms with E-state index in [0.717, 1.165) is 0 Å². The first-order valence-electron chi connectivity index (χ1n) is 5.64. The van der Waals surface area contributed by atoms with Crippen molar-refractivity contribution in [2.45, 2.75) is 45.3 Å². The average molecular weight is 228 g/mol. The van der Waals surface area contributed by atoms with Crippen LogP contribution in [0.5, 0.6) is 0 Å². The number of carbonyl (C=O) groups excluding carboxylic acids is 2. The molecule has 1 aliphatic heterocycles. The summed E-state index contributed by atoms with van der Waals surface area (Å²) in [5, 5.41) is 12.3. The Kier molecular flexibility index (Phi) is 3.91. The van der Waals surface area contributed by atoms with Crippen LogP contribution in [-0.2, 0) is 9.59 Å². The third kappa shape index (κ3) is 3.48. The highest BCUT2D eigenvalue weighted by atomic mass is 16.3. The van der Waals surface area contributed by atoms with E-state index in [1.54, 1.807) is 18.7 Å². The number of rotatable bonds is 4. The molecule has 0 spiro atoms. The normalized spacial score (nSPS) is 20.8. The molecule has 1 rings (SSSR count). The van der Waals surface area contributed by atoms with E-state index in [9.17, 15) is 14.7 Å². The van der Waals surface area contributed by atoms with Gasteiger partial charge in [-0.25, -0.2) is 0 Å². The van der Waals surface area contributed by atoms with E-state index in [0.29, 0.717) is 19.4 Å². The summed E-state index contributed by atoms with van der Waals surface area (Å²) in [5.74, 6) is -0.173. The van der Waals surface area contributed by atoms with Crippen molar-refractivity contribution in [2.24, 2.45) is 0 Å². The Bertz CT molecular complexity index is 283. The Balaban J connectivity index is 2.59. The van der Waals surface area contributed by atoms with Gasteiger partial charge in [0.05, 0.1) is 5.60 Å². The van der Waals surface area contributed by atoms with Crippen LogP contribution in [0.25, 0.3) is 0 Å². The quantitative estimate of drug-likeness (QED) is 0.705. The smallest absolute Gasteiger partial charge is 0.245 e. The summed E-state index contributed by atoms with van der Waals surface area (Å²) in [5.41, 5.74) is -0.908. The Morgan fingerprint density at radius 2 is 2.25 bits per heavy atom. The molecule has 0 bridgehead atoms. The van der Waals surface area contributed by atoms with E-state index >= 15 is 0 Å². The van der Waals surface area contributed by atoms with Gasteiger partial charge < -0.3 is 15.3 Å². The molecule has 0 saturated carbocycles. The molecule has 1 saturated heterocycles. The van der Waals surface area contributed by atoms with E-state index in [1.807, 2.05) is 6.92 Å². The predicted octanol–water partition coefficient (Wildman–Crippen LogP) is -0.116. The lowest BCUT2D eigenvalue weighted by atomic mass is 10.1. The maximum atomic E-state index is 12.0. The van der Waals surface area contributed by atoms with Crippen molar-refractivity contribution in [1.82, 2.24) is 10.2 Å². The van der Waals surface area contributed by atoms with Crippen molar-refractivity contribution >= 4 is 11.8 Å². The predicted molar refractivity (Wildman–Crippen MR) is 59.7 cm³/mol. The molecule has 1 heterocycles. The molecule has 0 aliphatic carbocycles. The standard InChI is InChI=1S/C11H20N2O3/c1-4-13(7-11(2,3)16)10(15)8-5-6-9(14)12-8/h8,16H,4-7H2,1-3H3,(H,12,14). The van der Waals surface area contributed by atoms with Gasteiger partial charge in [0.25, 0.3) is 0 Å². The van der Waals surface area contributed by atoms with E-state index < -0.39 is 11.6 Å². The minimum Gasteiger partial charge on any atom is -0.389 e. The molecule has 1 atom stereocenters. The van der Waals surface area contributed by atoms with Crippen LogP contribution in [0, 0.1) is 0 Å². The number of likely N-dealkylation sites (N-methyl/N-ethyl adjacent to an activating group) is 1. The molecular weight excluding hydrogens is 208 g/mol. The monoisotopic (exact) mass is 228 g/mol. The first kappa shape index (κ1) is 13.0. The molecule has 2 amide bonds. The van der Waals surface area contributed by atoms with Crippen LogP contribution in [0.15, 0.2) is 0 Å². The minimum absolute atomic E-state index is 0.0716. The Morgan fingerprint density at radius 3 is 2.62 bits per heavy atom. The zero-order valence-electron chi connectivity index (χ0n) is 10.1. The van der Waals surface area contributed by atoms with Crippen molar-refractivity contribution in [3.63, 3.8) is 0 Å². The van der Waals surface area contributed by atoms with Gasteiger partial charge in [-0.2, -0.15) is 0 Å². The summed E-state index contributed by atoms with van der Waals surface area (Å²) in [6.45, 7) is 6.01. The number of carbonyl (C=O) groups is 2. The molecule has 1 aliphatic rings. The first-order valence-corrected chi connectivity index (χ1v) is 5.64. The van der Waals surface area contributed by atoms with E-state index in [2.05, 4.69) is 5.32 Å². The van der Waals surface area contributed by atoms with Crippen LogP contribution in [0.2, 0.25) is 0 Å². The fourth-order valence-corrected chi connectivity index (χ4v) is 1.83. The lowest BCUT2D eigenvalue weighted by Crippen LogP contribution is -2.49. The summed E-state index contributed by atoms with van der Waals surface area (Å²) in [7, 11) is 0. The van der Waals surface area contributed by atoms with Gasteiger partial charge in [-0.1, -0.05) is 0 Å². The van der Waals surface area contributed by atoms with Gasteiger partial charge in [0, 0.05) is 19.5 Å². The summed E-state index contributed by atoms with van der Waals surface area (Å²) in [4.78, 5) is 24.6. The third-order valence-corrected chi connectivity index (χ3v) is 2.56. The zero-order chi connectivity index (χ0) is 12.3. The molecule has 2 N–H and O–H groups in total. The fourth-order valence-electron chi connectivity index (χ4n) is 1.83. The summed E-state index contributed by atoms with van der Waals surface area (Å²) < 4.78 is 0. The molecule has 0 aromatic carbocycles. The Labute approximate surface area is 95.8 Å². The van der Waals surface area contributed by atoms with Gasteiger partial charge in [-0.3, -0.25) is 9.59 Å². The molecule has 1 unspecified atom stereocenters. The number of nitrogens with one attached hydrogen (secondary N) is 1. The summed E-state index contributed by atoms with van der Waals surface area (Å²) in [6, 6.07) is -0.408. The highest BCUT2D eigenvalue weighted by molar-refractivity contribution is 5.90. The molecule has 16 heavy (non-hydrogen) atoms. The van der Waals surface area contributed by atoms with Gasteiger partial charge in [-0.15, -0.1) is 0 Å². The number of nitrogens with zero attached hydrogens (tertiary/aromatic N) is 1. The highest BCUT2D eigenvalue weighted by Gasteiger charge is 2.31. The largest absolute Gasteiger partial charge is 0.389 e. The van der Waals surface area contributed by atoms with E-state index in [1.165, 1.54) is 0 Å². The van der Waals surface area contributed by atoms with Crippen LogP contribution >= 0.6 is 0 Å². The van der Waals surface area contributed by atoms with Crippen molar-refractivity contribution in [1.29, 1.82) is 0 Å². The maximum Gasteiger partial charge on any atom is 0.245 e. The Morgan fingerprint density at radius 1 is 1.62 bits per heavy atom. The van der Waals surface area contributed by atoms with E-state index in [-0.39, 0.29) is 18.4 Å². The minimum atomic E-state index is -0.908. The topological polar surface area (TPSA) is 69.6 Å². The van der Waals surface area contributed by atoms with Gasteiger partial charge in [0.1, 0.15) is 6.04 Å². The van der Waals surface area contributed by atoms with Crippen molar-refractivity contribution in [3.8, 4) is 0 Å². The lowest BCUT2D eigenvalue weighted by molar-refractivity contribution is -0.136. The molecule has 92 valence electrons. The van der Waals surface area contributed by atoms with Crippen molar-refractivity contribution in [2.75, 3.05) is 13.1 Å². The van der Waals surface area contributed by atoms with Crippen LogP contribution in [0.1, 0.15) is 33.6 Å². The van der Waals surface area contributed by atoms with Gasteiger partial charge in [-0.05, 0) is 27.2 Å². The molecule has 5 heteroatoms. The number of hydrogen-bond acceptors (Lipinski definition) is 3. The number of hydrogen-bond donors (Lipinski definition) is 2. The highest BCUT2D eigenvalue weighted by Crippen LogP contribution is 2.12. The molecule has 1 fully saturated rings. The van der Waals surface area contributed by atoms with Crippen LogP contribution < -0.4 is 5.32 Å². The number of aliphatic hydroxyl groups is 1. The lowest BCUT2D eigenvalue weighted by Gasteiger charge is -2.29. The number of amides is 2.